The first-order valence-electron chi connectivity index (χ1n) is 12.7. The van der Waals surface area contributed by atoms with Gasteiger partial charge in [0, 0.05) is 18.2 Å². The fourth-order valence-electron chi connectivity index (χ4n) is 3.84. The molecule has 0 spiro atoms. The predicted octanol–water partition coefficient (Wildman–Crippen LogP) is 7.63. The van der Waals surface area contributed by atoms with E-state index in [0.29, 0.717) is 5.95 Å². The van der Waals surface area contributed by atoms with Crippen LogP contribution < -0.4 is 9.75 Å². The Balaban J connectivity index is 1.46. The molecule has 0 saturated heterocycles. The largest absolute Gasteiger partial charge is 0.494 e. The van der Waals surface area contributed by atoms with Gasteiger partial charge in [-0.2, -0.15) is 5.10 Å². The highest BCUT2D eigenvalue weighted by Gasteiger charge is 2.11. The Labute approximate surface area is 214 Å². The molecule has 0 unspecified atom stereocenters. The van der Waals surface area contributed by atoms with Crippen molar-refractivity contribution in [3.8, 4) is 28.3 Å². The van der Waals surface area contributed by atoms with Gasteiger partial charge >= 0.3 is 0 Å². The molecule has 3 aromatic carbocycles. The van der Waals surface area contributed by atoms with Gasteiger partial charge in [0.1, 0.15) is 5.75 Å². The normalized spacial score (nSPS) is 11.1. The monoisotopic (exact) mass is 478 g/mol. The fourth-order valence-corrected chi connectivity index (χ4v) is 3.84. The standard InChI is InChI=1S/C31H34N4O/c1-3-4-5-6-13-22-36-28-20-18-25(19-21-28)24-32-35(2)31-33-29(26-14-9-7-10-15-26)23-30(34-31)27-16-11-8-12-17-27/h7-12,14-21,23-24H,3-6,13,22H2,1-2H3/b32-24-. The molecule has 0 bridgehead atoms. The van der Waals surface area contributed by atoms with Crippen LogP contribution in [0.1, 0.15) is 44.6 Å². The number of rotatable bonds is 12. The third-order valence-corrected chi connectivity index (χ3v) is 5.92. The summed E-state index contributed by atoms with van der Waals surface area (Å²) in [6.45, 7) is 2.99. The summed E-state index contributed by atoms with van der Waals surface area (Å²) in [5.41, 5.74) is 4.78. The third-order valence-electron chi connectivity index (χ3n) is 5.92. The molecule has 0 N–H and O–H groups in total. The topological polar surface area (TPSA) is 50.6 Å². The molecule has 0 amide bonds. The van der Waals surface area contributed by atoms with E-state index in [-0.39, 0.29) is 0 Å². The Morgan fingerprint density at radius 2 is 1.33 bits per heavy atom. The molecule has 4 aromatic rings. The van der Waals surface area contributed by atoms with Gasteiger partial charge < -0.3 is 4.74 Å². The van der Waals surface area contributed by atoms with Crippen molar-refractivity contribution in [1.82, 2.24) is 9.97 Å². The van der Waals surface area contributed by atoms with Crippen molar-refractivity contribution in [3.63, 3.8) is 0 Å². The summed E-state index contributed by atoms with van der Waals surface area (Å²) < 4.78 is 5.87. The van der Waals surface area contributed by atoms with E-state index >= 15 is 0 Å². The van der Waals surface area contributed by atoms with Crippen molar-refractivity contribution in [2.24, 2.45) is 5.10 Å². The highest BCUT2D eigenvalue weighted by molar-refractivity contribution is 5.80. The second-order valence-corrected chi connectivity index (χ2v) is 8.77. The van der Waals surface area contributed by atoms with Crippen molar-refractivity contribution in [1.29, 1.82) is 0 Å². The molecule has 0 aliphatic rings. The molecule has 36 heavy (non-hydrogen) atoms. The second kappa shape index (κ2) is 13.2. The van der Waals surface area contributed by atoms with E-state index < -0.39 is 0 Å². The number of aromatic nitrogens is 2. The van der Waals surface area contributed by atoms with Gasteiger partial charge in [0.05, 0.1) is 24.2 Å². The Morgan fingerprint density at radius 1 is 0.750 bits per heavy atom. The van der Waals surface area contributed by atoms with E-state index in [1.165, 1.54) is 25.7 Å². The Kier molecular flexibility index (Phi) is 9.20. The van der Waals surface area contributed by atoms with Crippen LogP contribution in [0.2, 0.25) is 0 Å². The lowest BCUT2D eigenvalue weighted by atomic mass is 10.1. The van der Waals surface area contributed by atoms with E-state index in [4.69, 9.17) is 14.7 Å². The molecule has 184 valence electrons. The molecule has 5 nitrogen and oxygen atoms in total. The van der Waals surface area contributed by atoms with Crippen molar-refractivity contribution in [2.45, 2.75) is 39.0 Å². The van der Waals surface area contributed by atoms with Crippen LogP contribution >= 0.6 is 0 Å². The van der Waals surface area contributed by atoms with E-state index in [1.54, 1.807) is 5.01 Å². The number of benzene rings is 3. The minimum atomic E-state index is 0.537. The summed E-state index contributed by atoms with van der Waals surface area (Å²) in [6.07, 6.45) is 7.99. The third kappa shape index (κ3) is 7.25. The number of anilines is 1. The number of hydrogen-bond donors (Lipinski definition) is 0. The molecule has 0 aliphatic heterocycles. The minimum Gasteiger partial charge on any atom is -0.494 e. The molecule has 0 saturated carbocycles. The van der Waals surface area contributed by atoms with Crippen LogP contribution in [0.4, 0.5) is 5.95 Å². The minimum absolute atomic E-state index is 0.537. The zero-order valence-corrected chi connectivity index (χ0v) is 21.2. The van der Waals surface area contributed by atoms with Gasteiger partial charge in [-0.05, 0) is 42.3 Å². The zero-order valence-electron chi connectivity index (χ0n) is 21.2. The Morgan fingerprint density at radius 3 is 1.92 bits per heavy atom. The number of hydrazone groups is 1. The summed E-state index contributed by atoms with van der Waals surface area (Å²) in [6, 6.07) is 30.3. The van der Waals surface area contributed by atoms with E-state index in [9.17, 15) is 0 Å². The Hall–Kier alpha value is -3.99. The molecule has 1 heterocycles. The number of ether oxygens (including phenoxy) is 1. The lowest BCUT2D eigenvalue weighted by Gasteiger charge is -2.14. The fraction of sp³-hybridized carbons (Fsp3) is 0.258. The highest BCUT2D eigenvalue weighted by atomic mass is 16.5. The predicted molar refractivity (Wildman–Crippen MR) is 150 cm³/mol. The Bertz CT molecular complexity index is 1170. The van der Waals surface area contributed by atoms with Gasteiger partial charge in [-0.1, -0.05) is 93.3 Å². The summed E-state index contributed by atoms with van der Waals surface area (Å²) >= 11 is 0. The van der Waals surface area contributed by atoms with Crippen LogP contribution in [0.25, 0.3) is 22.5 Å². The van der Waals surface area contributed by atoms with Crippen LogP contribution in [0.3, 0.4) is 0 Å². The van der Waals surface area contributed by atoms with Crippen LogP contribution in [-0.2, 0) is 0 Å². The smallest absolute Gasteiger partial charge is 0.247 e. The van der Waals surface area contributed by atoms with Crippen molar-refractivity contribution >= 4 is 12.2 Å². The zero-order chi connectivity index (χ0) is 25.0. The summed E-state index contributed by atoms with van der Waals surface area (Å²) in [5.74, 6) is 1.43. The van der Waals surface area contributed by atoms with Crippen LogP contribution in [0.5, 0.6) is 5.75 Å². The van der Waals surface area contributed by atoms with E-state index in [0.717, 1.165) is 46.9 Å². The molecule has 4 rings (SSSR count). The first-order chi connectivity index (χ1) is 17.7. The average molecular weight is 479 g/mol. The summed E-state index contributed by atoms with van der Waals surface area (Å²) in [4.78, 5) is 9.59. The van der Waals surface area contributed by atoms with Gasteiger partial charge in [-0.15, -0.1) is 0 Å². The SMILES string of the molecule is CCCCCCCOc1ccc(/C=N\N(C)c2nc(-c3ccccc3)cc(-c3ccccc3)n2)cc1. The van der Waals surface area contributed by atoms with Gasteiger partial charge in [-0.25, -0.2) is 15.0 Å². The molecular formula is C31H34N4O. The van der Waals surface area contributed by atoms with Crippen molar-refractivity contribution in [2.75, 3.05) is 18.7 Å². The molecule has 5 heteroatoms. The molecule has 1 aromatic heterocycles. The maximum Gasteiger partial charge on any atom is 0.247 e. The lowest BCUT2D eigenvalue weighted by molar-refractivity contribution is 0.304. The van der Waals surface area contributed by atoms with Crippen LogP contribution in [-0.4, -0.2) is 29.8 Å². The van der Waals surface area contributed by atoms with E-state index in [1.807, 2.05) is 80.0 Å². The maximum atomic E-state index is 5.87. The van der Waals surface area contributed by atoms with Crippen molar-refractivity contribution in [3.05, 3.63) is 96.6 Å². The van der Waals surface area contributed by atoms with Gasteiger partial charge in [0.2, 0.25) is 5.95 Å². The summed E-state index contributed by atoms with van der Waals surface area (Å²) in [7, 11) is 1.87. The first kappa shape index (κ1) is 25.1. The molecule has 0 aliphatic carbocycles. The van der Waals surface area contributed by atoms with Crippen LogP contribution in [0, 0.1) is 0 Å². The second-order valence-electron chi connectivity index (χ2n) is 8.77. The quantitative estimate of drug-likeness (QED) is 0.119. The maximum absolute atomic E-state index is 5.87. The van der Waals surface area contributed by atoms with Gasteiger partial charge in [0.25, 0.3) is 0 Å². The molecule has 0 atom stereocenters. The lowest BCUT2D eigenvalue weighted by Crippen LogP contribution is -2.13. The van der Waals surface area contributed by atoms with E-state index in [2.05, 4.69) is 36.3 Å². The first-order valence-corrected chi connectivity index (χ1v) is 12.7. The number of hydrogen-bond acceptors (Lipinski definition) is 5. The van der Waals surface area contributed by atoms with Crippen LogP contribution in [0.15, 0.2) is 96.1 Å². The molecular weight excluding hydrogens is 444 g/mol. The number of unbranched alkanes of at least 4 members (excludes halogenated alkanes) is 4. The average Bonchev–Trinajstić information content (AvgIpc) is 2.95. The van der Waals surface area contributed by atoms with Gasteiger partial charge in [0.15, 0.2) is 0 Å². The molecule has 0 radical (unpaired) electrons. The summed E-state index contributed by atoms with van der Waals surface area (Å²) in [5, 5.41) is 6.32. The van der Waals surface area contributed by atoms with Crippen molar-refractivity contribution < 1.29 is 4.74 Å². The highest BCUT2D eigenvalue weighted by Crippen LogP contribution is 2.26. The molecule has 0 fully saturated rings. The van der Waals surface area contributed by atoms with Gasteiger partial charge in [-0.3, -0.25) is 0 Å². The number of nitrogens with zero attached hydrogens (tertiary/aromatic N) is 4.